The number of benzene rings is 1. The van der Waals surface area contributed by atoms with Crippen LogP contribution >= 0.6 is 0 Å². The Bertz CT molecular complexity index is 307. The lowest BCUT2D eigenvalue weighted by atomic mass is 10.1. The average molecular weight is 205 g/mol. The monoisotopic (exact) mass is 205 g/mol. The molecule has 0 unspecified atom stereocenters. The molecule has 1 fully saturated rings. The molecule has 82 valence electrons. The molecular formula is C13H19NO. The van der Waals surface area contributed by atoms with E-state index < -0.39 is 0 Å². The number of aryl methyl sites for hydroxylation is 1. The summed E-state index contributed by atoms with van der Waals surface area (Å²) in [5.74, 6) is 0. The van der Waals surface area contributed by atoms with Crippen molar-refractivity contribution in [2.45, 2.75) is 26.4 Å². The number of nitrogens with zero attached hydrogens (tertiary/aromatic N) is 1. The molecule has 2 rings (SSSR count). The summed E-state index contributed by atoms with van der Waals surface area (Å²) in [7, 11) is 0. The van der Waals surface area contributed by atoms with E-state index in [0.717, 1.165) is 26.3 Å². The topological polar surface area (TPSA) is 12.5 Å². The Morgan fingerprint density at radius 3 is 2.73 bits per heavy atom. The molecular weight excluding hydrogens is 186 g/mol. The largest absolute Gasteiger partial charge is 0.379 e. The molecule has 1 saturated heterocycles. The van der Waals surface area contributed by atoms with Crippen molar-refractivity contribution in [3.8, 4) is 0 Å². The van der Waals surface area contributed by atoms with Crippen LogP contribution in [-0.4, -0.2) is 30.7 Å². The van der Waals surface area contributed by atoms with Gasteiger partial charge in [0.05, 0.1) is 13.2 Å². The average Bonchev–Trinajstić information content (AvgIpc) is 2.25. The third-order valence-electron chi connectivity index (χ3n) is 3.01. The van der Waals surface area contributed by atoms with Crippen molar-refractivity contribution in [3.63, 3.8) is 0 Å². The minimum Gasteiger partial charge on any atom is -0.379 e. The predicted molar refractivity (Wildman–Crippen MR) is 61.9 cm³/mol. The Morgan fingerprint density at radius 1 is 1.33 bits per heavy atom. The molecule has 0 N–H and O–H groups in total. The molecule has 1 aliphatic rings. The molecule has 2 heteroatoms. The Hall–Kier alpha value is -0.860. The van der Waals surface area contributed by atoms with Crippen LogP contribution in [0.1, 0.15) is 18.1 Å². The van der Waals surface area contributed by atoms with Crippen LogP contribution in [-0.2, 0) is 11.3 Å². The van der Waals surface area contributed by atoms with Crippen molar-refractivity contribution in [3.05, 3.63) is 35.4 Å². The van der Waals surface area contributed by atoms with Crippen LogP contribution in [0, 0.1) is 6.92 Å². The standard InChI is InChI=1S/C13H19NO/c1-11-3-5-13(6-4-11)9-14-7-8-15-10-12(14)2/h3-6,12H,7-10H2,1-2H3/t12-/m0/s1. The summed E-state index contributed by atoms with van der Waals surface area (Å²) < 4.78 is 5.43. The molecule has 1 atom stereocenters. The molecule has 1 aromatic rings. The van der Waals surface area contributed by atoms with Gasteiger partial charge in [-0.15, -0.1) is 0 Å². The van der Waals surface area contributed by atoms with Crippen molar-refractivity contribution in [1.82, 2.24) is 4.90 Å². The Kier molecular flexibility index (Phi) is 3.39. The molecule has 0 aliphatic carbocycles. The van der Waals surface area contributed by atoms with Crippen LogP contribution in [0.3, 0.4) is 0 Å². The van der Waals surface area contributed by atoms with Gasteiger partial charge in [-0.3, -0.25) is 4.90 Å². The smallest absolute Gasteiger partial charge is 0.0619 e. The van der Waals surface area contributed by atoms with E-state index in [4.69, 9.17) is 4.74 Å². The maximum Gasteiger partial charge on any atom is 0.0619 e. The first-order chi connectivity index (χ1) is 7.25. The van der Waals surface area contributed by atoms with E-state index in [2.05, 4.69) is 43.0 Å². The van der Waals surface area contributed by atoms with Crippen LogP contribution in [0.15, 0.2) is 24.3 Å². The first kappa shape index (κ1) is 10.7. The summed E-state index contributed by atoms with van der Waals surface area (Å²) in [4.78, 5) is 2.48. The predicted octanol–water partition coefficient (Wildman–Crippen LogP) is 2.22. The van der Waals surface area contributed by atoms with Gasteiger partial charge in [-0.25, -0.2) is 0 Å². The summed E-state index contributed by atoms with van der Waals surface area (Å²) in [6, 6.07) is 9.34. The lowest BCUT2D eigenvalue weighted by Crippen LogP contribution is -2.42. The molecule has 0 aromatic heterocycles. The molecule has 1 aromatic carbocycles. The highest BCUT2D eigenvalue weighted by Crippen LogP contribution is 2.12. The van der Waals surface area contributed by atoms with E-state index in [-0.39, 0.29) is 0 Å². The van der Waals surface area contributed by atoms with Gasteiger partial charge in [0.15, 0.2) is 0 Å². The van der Waals surface area contributed by atoms with Crippen molar-refractivity contribution < 1.29 is 4.74 Å². The van der Waals surface area contributed by atoms with E-state index in [1.54, 1.807) is 0 Å². The summed E-state index contributed by atoms with van der Waals surface area (Å²) >= 11 is 0. The Labute approximate surface area is 91.9 Å². The first-order valence-corrected chi connectivity index (χ1v) is 5.63. The van der Waals surface area contributed by atoms with Crippen LogP contribution < -0.4 is 0 Å². The van der Waals surface area contributed by atoms with Gasteiger partial charge in [0, 0.05) is 19.1 Å². The quantitative estimate of drug-likeness (QED) is 0.734. The van der Waals surface area contributed by atoms with Crippen LogP contribution in [0.4, 0.5) is 0 Å². The van der Waals surface area contributed by atoms with E-state index in [0.29, 0.717) is 6.04 Å². The van der Waals surface area contributed by atoms with E-state index >= 15 is 0 Å². The fourth-order valence-electron chi connectivity index (χ4n) is 1.92. The van der Waals surface area contributed by atoms with Gasteiger partial charge in [-0.05, 0) is 19.4 Å². The zero-order chi connectivity index (χ0) is 10.7. The lowest BCUT2D eigenvalue weighted by molar-refractivity contribution is -0.00436. The molecule has 0 bridgehead atoms. The summed E-state index contributed by atoms with van der Waals surface area (Å²) in [5.41, 5.74) is 2.73. The van der Waals surface area contributed by atoms with Crippen molar-refractivity contribution >= 4 is 0 Å². The van der Waals surface area contributed by atoms with E-state index in [1.807, 2.05) is 0 Å². The van der Waals surface area contributed by atoms with Crippen LogP contribution in [0.5, 0.6) is 0 Å². The molecule has 0 saturated carbocycles. The van der Waals surface area contributed by atoms with Gasteiger partial charge in [-0.1, -0.05) is 29.8 Å². The van der Waals surface area contributed by atoms with Gasteiger partial charge in [0.2, 0.25) is 0 Å². The molecule has 0 radical (unpaired) electrons. The van der Waals surface area contributed by atoms with Gasteiger partial charge in [0.25, 0.3) is 0 Å². The molecule has 1 heterocycles. The number of ether oxygens (including phenoxy) is 1. The summed E-state index contributed by atoms with van der Waals surface area (Å²) in [6.07, 6.45) is 0. The number of morpholine rings is 1. The maximum absolute atomic E-state index is 5.43. The summed E-state index contributed by atoms with van der Waals surface area (Å²) in [6.45, 7) is 8.19. The maximum atomic E-state index is 5.43. The Morgan fingerprint density at radius 2 is 2.07 bits per heavy atom. The fourth-order valence-corrected chi connectivity index (χ4v) is 1.92. The number of hydrogen-bond acceptors (Lipinski definition) is 2. The van der Waals surface area contributed by atoms with Crippen molar-refractivity contribution in [1.29, 1.82) is 0 Å². The molecule has 15 heavy (non-hydrogen) atoms. The number of hydrogen-bond donors (Lipinski definition) is 0. The van der Waals surface area contributed by atoms with Gasteiger partial charge in [-0.2, -0.15) is 0 Å². The Balaban J connectivity index is 1.98. The SMILES string of the molecule is Cc1ccc(CN2CCOC[C@@H]2C)cc1. The normalized spacial score (nSPS) is 22.9. The third-order valence-corrected chi connectivity index (χ3v) is 3.01. The van der Waals surface area contributed by atoms with Crippen molar-refractivity contribution in [2.75, 3.05) is 19.8 Å². The van der Waals surface area contributed by atoms with E-state index in [9.17, 15) is 0 Å². The highest BCUT2D eigenvalue weighted by atomic mass is 16.5. The second-order valence-electron chi connectivity index (χ2n) is 4.38. The molecule has 2 nitrogen and oxygen atoms in total. The van der Waals surface area contributed by atoms with Gasteiger partial charge >= 0.3 is 0 Å². The third kappa shape index (κ3) is 2.80. The van der Waals surface area contributed by atoms with Crippen molar-refractivity contribution in [2.24, 2.45) is 0 Å². The van der Waals surface area contributed by atoms with E-state index in [1.165, 1.54) is 11.1 Å². The lowest BCUT2D eigenvalue weighted by Gasteiger charge is -2.33. The molecule has 0 spiro atoms. The minimum atomic E-state index is 0.542. The highest BCUT2D eigenvalue weighted by Gasteiger charge is 2.18. The molecule has 0 amide bonds. The van der Waals surface area contributed by atoms with Gasteiger partial charge < -0.3 is 4.74 Å². The second-order valence-corrected chi connectivity index (χ2v) is 4.38. The van der Waals surface area contributed by atoms with Crippen LogP contribution in [0.2, 0.25) is 0 Å². The zero-order valence-electron chi connectivity index (χ0n) is 9.57. The second kappa shape index (κ2) is 4.77. The highest BCUT2D eigenvalue weighted by molar-refractivity contribution is 5.21. The fraction of sp³-hybridized carbons (Fsp3) is 0.538. The molecule has 1 aliphatic heterocycles. The zero-order valence-corrected chi connectivity index (χ0v) is 9.57. The van der Waals surface area contributed by atoms with Gasteiger partial charge in [0.1, 0.15) is 0 Å². The minimum absolute atomic E-state index is 0.542. The summed E-state index contributed by atoms with van der Waals surface area (Å²) in [5, 5.41) is 0. The first-order valence-electron chi connectivity index (χ1n) is 5.63. The van der Waals surface area contributed by atoms with Crippen LogP contribution in [0.25, 0.3) is 0 Å². The number of rotatable bonds is 2.